The number of para-hydroxylation sites is 1. The number of furan rings is 1. The van der Waals surface area contributed by atoms with Gasteiger partial charge in [0.1, 0.15) is 18.4 Å². The van der Waals surface area contributed by atoms with Gasteiger partial charge in [0, 0.05) is 15.4 Å². The van der Waals surface area contributed by atoms with Crippen molar-refractivity contribution in [2.24, 2.45) is 0 Å². The highest BCUT2D eigenvalue weighted by Crippen LogP contribution is 2.30. The Balaban J connectivity index is 1.49. The number of esters is 2. The van der Waals surface area contributed by atoms with E-state index in [4.69, 9.17) is 18.9 Å². The van der Waals surface area contributed by atoms with Crippen LogP contribution in [0.25, 0.3) is 22.2 Å². The van der Waals surface area contributed by atoms with E-state index in [1.807, 2.05) is 42.5 Å². The molecular weight excluding hydrogens is 554 g/mol. The minimum atomic E-state index is -0.905. The molecule has 0 aliphatic carbocycles. The number of aromatic nitrogens is 1. The summed E-state index contributed by atoms with van der Waals surface area (Å²) in [7, 11) is 0. The molecule has 0 fully saturated rings. The van der Waals surface area contributed by atoms with E-state index in [9.17, 15) is 14.4 Å². The zero-order valence-corrected chi connectivity index (χ0v) is 21.8. The van der Waals surface area contributed by atoms with Gasteiger partial charge in [-0.15, -0.1) is 0 Å². The van der Waals surface area contributed by atoms with Gasteiger partial charge >= 0.3 is 18.0 Å². The smallest absolute Gasteiger partial charge is 0.339 e. The fourth-order valence-corrected chi connectivity index (χ4v) is 4.44. The lowest BCUT2D eigenvalue weighted by atomic mass is 10.0. The first kappa shape index (κ1) is 25.2. The summed E-state index contributed by atoms with van der Waals surface area (Å²) in [5.41, 5.74) is 2.54. The number of nitrogens with zero attached hydrogens (tertiary/aromatic N) is 1. The molecule has 1 aliphatic rings. The lowest BCUT2D eigenvalue weighted by molar-refractivity contribution is -0.139. The van der Waals surface area contributed by atoms with Crippen LogP contribution in [0.5, 0.6) is 0 Å². The van der Waals surface area contributed by atoms with Crippen molar-refractivity contribution < 1.29 is 28.3 Å². The number of fused-ring (bicyclic) bond motifs is 1. The molecule has 0 radical (unpaired) electrons. The maximum Gasteiger partial charge on any atom is 0.339 e. The Labute approximate surface area is 226 Å². The summed E-state index contributed by atoms with van der Waals surface area (Å²) in [5, 5.41) is 5.85. The van der Waals surface area contributed by atoms with Crippen molar-refractivity contribution in [3.63, 3.8) is 0 Å². The summed E-state index contributed by atoms with van der Waals surface area (Å²) >= 11 is 3.43. The van der Waals surface area contributed by atoms with Gasteiger partial charge in [0.2, 0.25) is 0 Å². The average Bonchev–Trinajstić information content (AvgIpc) is 3.46. The fraction of sp³-hybridized carbons (Fsp3) is 0.143. The van der Waals surface area contributed by atoms with E-state index >= 15 is 0 Å². The first-order valence-corrected chi connectivity index (χ1v) is 12.6. The molecule has 2 aromatic heterocycles. The number of amides is 2. The first-order chi connectivity index (χ1) is 18.4. The number of pyridine rings is 1. The number of hydrogen-bond acceptors (Lipinski definition) is 7. The second-order valence-electron chi connectivity index (χ2n) is 8.31. The van der Waals surface area contributed by atoms with E-state index in [-0.39, 0.29) is 24.5 Å². The standard InChI is InChI=1S/C28H22BrN3O6/c1-2-36-27(34)24-22(31-28(35)32-25(24)23-8-5-13-37-23)15-38-26(33)19-14-21(16-9-11-17(29)12-10-16)30-20-7-4-3-6-18(19)20/h3-14,25H,2,15H2,1H3,(H2,31,32,35). The van der Waals surface area contributed by atoms with Gasteiger partial charge in [0.15, 0.2) is 0 Å². The molecule has 1 aliphatic heterocycles. The van der Waals surface area contributed by atoms with Crippen LogP contribution in [-0.4, -0.2) is 36.2 Å². The van der Waals surface area contributed by atoms with Crippen LogP contribution in [0, 0.1) is 0 Å². The Bertz CT molecular complexity index is 1550. The fourth-order valence-electron chi connectivity index (χ4n) is 4.18. The van der Waals surface area contributed by atoms with Crippen LogP contribution in [0.1, 0.15) is 29.1 Å². The maximum atomic E-state index is 13.4. The molecule has 1 unspecified atom stereocenters. The molecular formula is C28H22BrN3O6. The van der Waals surface area contributed by atoms with Crippen LogP contribution in [0.3, 0.4) is 0 Å². The summed E-state index contributed by atoms with van der Waals surface area (Å²) in [6, 6.07) is 18.3. The first-order valence-electron chi connectivity index (χ1n) is 11.8. The van der Waals surface area contributed by atoms with Gasteiger partial charge in [-0.25, -0.2) is 19.4 Å². The van der Waals surface area contributed by atoms with Crippen LogP contribution in [0.4, 0.5) is 4.79 Å². The number of rotatable bonds is 7. The largest absolute Gasteiger partial charge is 0.467 e. The van der Waals surface area contributed by atoms with E-state index in [0.717, 1.165) is 10.0 Å². The second kappa shape index (κ2) is 10.9. The second-order valence-corrected chi connectivity index (χ2v) is 9.23. The molecule has 2 amide bonds. The number of carbonyl (C=O) groups excluding carboxylic acids is 3. The quantitative estimate of drug-likeness (QED) is 0.287. The van der Waals surface area contributed by atoms with Crippen molar-refractivity contribution in [3.8, 4) is 11.3 Å². The summed E-state index contributed by atoms with van der Waals surface area (Å²) in [6.07, 6.45) is 1.43. The van der Waals surface area contributed by atoms with Crippen LogP contribution in [-0.2, 0) is 14.3 Å². The van der Waals surface area contributed by atoms with E-state index in [2.05, 4.69) is 26.6 Å². The molecule has 5 rings (SSSR count). The van der Waals surface area contributed by atoms with E-state index < -0.39 is 24.0 Å². The van der Waals surface area contributed by atoms with Crippen molar-refractivity contribution >= 4 is 44.8 Å². The SMILES string of the molecule is CCOC(=O)C1=C(COC(=O)c2cc(-c3ccc(Br)cc3)nc3ccccc23)NC(=O)NC1c1ccco1. The van der Waals surface area contributed by atoms with Gasteiger partial charge in [-0.2, -0.15) is 0 Å². The molecule has 2 aromatic carbocycles. The predicted octanol–water partition coefficient (Wildman–Crippen LogP) is 5.29. The number of benzene rings is 2. The molecule has 10 heteroatoms. The molecule has 0 spiro atoms. The van der Waals surface area contributed by atoms with E-state index in [1.54, 1.807) is 31.2 Å². The number of ether oxygens (including phenoxy) is 2. The highest BCUT2D eigenvalue weighted by Gasteiger charge is 2.36. The number of carbonyl (C=O) groups is 3. The van der Waals surface area contributed by atoms with Crippen LogP contribution in [0.2, 0.25) is 0 Å². The molecule has 2 N–H and O–H groups in total. The third-order valence-electron chi connectivity index (χ3n) is 5.90. The van der Waals surface area contributed by atoms with Crippen LogP contribution in [0.15, 0.2) is 93.2 Å². The van der Waals surface area contributed by atoms with Crippen molar-refractivity contribution in [3.05, 3.63) is 100 Å². The van der Waals surface area contributed by atoms with Crippen molar-refractivity contribution in [1.82, 2.24) is 15.6 Å². The number of nitrogens with one attached hydrogen (secondary N) is 2. The molecule has 3 heterocycles. The highest BCUT2D eigenvalue weighted by atomic mass is 79.9. The van der Waals surface area contributed by atoms with Gasteiger partial charge in [-0.3, -0.25) is 0 Å². The normalized spacial score (nSPS) is 15.1. The van der Waals surface area contributed by atoms with Crippen molar-refractivity contribution in [1.29, 1.82) is 0 Å². The highest BCUT2D eigenvalue weighted by molar-refractivity contribution is 9.10. The molecule has 0 saturated heterocycles. The topological polar surface area (TPSA) is 120 Å². The third-order valence-corrected chi connectivity index (χ3v) is 6.43. The van der Waals surface area contributed by atoms with Gasteiger partial charge in [0.05, 0.1) is 40.9 Å². The number of urea groups is 1. The Morgan fingerprint density at radius 2 is 1.82 bits per heavy atom. The van der Waals surface area contributed by atoms with E-state index in [1.165, 1.54) is 6.26 Å². The summed E-state index contributed by atoms with van der Waals surface area (Å²) in [5.74, 6) is -0.967. The molecule has 9 nitrogen and oxygen atoms in total. The van der Waals surface area contributed by atoms with Crippen LogP contribution < -0.4 is 10.6 Å². The third kappa shape index (κ3) is 5.16. The number of hydrogen-bond donors (Lipinski definition) is 2. The Morgan fingerprint density at radius 3 is 2.55 bits per heavy atom. The zero-order chi connectivity index (χ0) is 26.6. The number of halogens is 1. The van der Waals surface area contributed by atoms with Gasteiger partial charge in [-0.05, 0) is 43.3 Å². The molecule has 0 saturated carbocycles. The summed E-state index contributed by atoms with van der Waals surface area (Å²) in [6.45, 7) is 1.42. The zero-order valence-electron chi connectivity index (χ0n) is 20.2. The van der Waals surface area contributed by atoms with Gasteiger partial charge in [-0.1, -0.05) is 46.3 Å². The summed E-state index contributed by atoms with van der Waals surface area (Å²) < 4.78 is 17.2. The monoisotopic (exact) mass is 575 g/mol. The molecule has 38 heavy (non-hydrogen) atoms. The average molecular weight is 576 g/mol. The Hall–Kier alpha value is -4.44. The minimum Gasteiger partial charge on any atom is -0.467 e. The molecule has 192 valence electrons. The van der Waals surface area contributed by atoms with Gasteiger partial charge < -0.3 is 24.5 Å². The Morgan fingerprint density at radius 1 is 1.03 bits per heavy atom. The minimum absolute atomic E-state index is 0.0873. The molecule has 0 bridgehead atoms. The predicted molar refractivity (Wildman–Crippen MR) is 142 cm³/mol. The molecule has 1 atom stereocenters. The Kier molecular flexibility index (Phi) is 7.23. The lowest BCUT2D eigenvalue weighted by Crippen LogP contribution is -2.47. The van der Waals surface area contributed by atoms with E-state index in [0.29, 0.717) is 27.9 Å². The summed E-state index contributed by atoms with van der Waals surface area (Å²) in [4.78, 5) is 43.4. The lowest BCUT2D eigenvalue weighted by Gasteiger charge is -2.27. The maximum absolute atomic E-state index is 13.4. The molecule has 4 aromatic rings. The van der Waals surface area contributed by atoms with Crippen molar-refractivity contribution in [2.75, 3.05) is 13.2 Å². The van der Waals surface area contributed by atoms with Crippen molar-refractivity contribution in [2.45, 2.75) is 13.0 Å². The van der Waals surface area contributed by atoms with Gasteiger partial charge in [0.25, 0.3) is 0 Å². The van der Waals surface area contributed by atoms with Crippen LogP contribution >= 0.6 is 15.9 Å².